The van der Waals surface area contributed by atoms with Gasteiger partial charge >= 0.3 is 6.09 Å². The van der Waals surface area contributed by atoms with Crippen molar-refractivity contribution in [2.75, 3.05) is 13.2 Å². The van der Waals surface area contributed by atoms with Gasteiger partial charge in [-0.1, -0.05) is 0 Å². The van der Waals surface area contributed by atoms with E-state index in [1.807, 2.05) is 13.8 Å². The molecule has 0 unspecified atom stereocenters. The third-order valence-corrected chi connectivity index (χ3v) is 4.57. The van der Waals surface area contributed by atoms with Crippen molar-refractivity contribution in [1.29, 1.82) is 0 Å². The van der Waals surface area contributed by atoms with Gasteiger partial charge in [0.15, 0.2) is 0 Å². The number of amides is 1. The van der Waals surface area contributed by atoms with E-state index >= 15 is 0 Å². The lowest BCUT2D eigenvalue weighted by atomic mass is 10.3. The zero-order valence-electron chi connectivity index (χ0n) is 12.5. The van der Waals surface area contributed by atoms with Crippen molar-refractivity contribution >= 4 is 21.9 Å². The van der Waals surface area contributed by atoms with Crippen molar-refractivity contribution in [2.24, 2.45) is 0 Å². The Morgan fingerprint density at radius 1 is 1.39 bits per heavy atom. The van der Waals surface area contributed by atoms with E-state index in [1.54, 1.807) is 0 Å². The summed E-state index contributed by atoms with van der Waals surface area (Å²) in [7, 11) is -4.08. The first kappa shape index (κ1) is 17.2. The maximum absolute atomic E-state index is 12.0. The summed E-state index contributed by atoms with van der Waals surface area (Å²) in [5, 5.41) is 10.5. The summed E-state index contributed by atoms with van der Waals surface area (Å²) in [5.74, 6) is 0. The Labute approximate surface area is 133 Å². The first-order valence-electron chi connectivity index (χ1n) is 6.82. The molecule has 0 bridgehead atoms. The van der Waals surface area contributed by atoms with Crippen LogP contribution in [0.4, 0.5) is 10.5 Å². The molecule has 1 fully saturated rings. The van der Waals surface area contributed by atoms with Crippen LogP contribution in [0.15, 0.2) is 29.2 Å². The standard InChI is InChI=1S/C13H16N2O7S/c1-9(2)14-7-11(22-13(14)16)8-21-23(19,20)12-5-3-10(4-6-12)15(17)18/h3-6,9,11H,7-8H2,1-2H3/t11-/m1/s1. The van der Waals surface area contributed by atoms with Gasteiger partial charge in [0, 0.05) is 18.2 Å². The van der Waals surface area contributed by atoms with E-state index in [1.165, 1.54) is 4.90 Å². The van der Waals surface area contributed by atoms with Crippen LogP contribution in [-0.4, -0.2) is 49.6 Å². The van der Waals surface area contributed by atoms with Crippen LogP contribution in [0.1, 0.15) is 13.8 Å². The number of ether oxygens (including phenoxy) is 1. The van der Waals surface area contributed by atoms with Gasteiger partial charge in [-0.2, -0.15) is 8.42 Å². The molecule has 1 aliphatic heterocycles. The van der Waals surface area contributed by atoms with Crippen molar-refractivity contribution in [3.63, 3.8) is 0 Å². The van der Waals surface area contributed by atoms with Gasteiger partial charge in [-0.15, -0.1) is 0 Å². The number of non-ortho nitro benzene ring substituents is 1. The summed E-state index contributed by atoms with van der Waals surface area (Å²) in [6, 6.07) is 4.28. The third-order valence-electron chi connectivity index (χ3n) is 3.27. The maximum Gasteiger partial charge on any atom is 0.410 e. The SMILES string of the molecule is CC(C)N1C[C@H](COS(=O)(=O)c2ccc([N+](=O)[O-])cc2)OC1=O. The summed E-state index contributed by atoms with van der Waals surface area (Å²) in [6.07, 6.45) is -1.20. The van der Waals surface area contributed by atoms with Crippen LogP contribution in [0.5, 0.6) is 0 Å². The first-order valence-corrected chi connectivity index (χ1v) is 8.22. The lowest BCUT2D eigenvalue weighted by Gasteiger charge is -2.16. The van der Waals surface area contributed by atoms with Gasteiger partial charge in [0.05, 0.1) is 16.4 Å². The number of benzene rings is 1. The average Bonchev–Trinajstić information content (AvgIpc) is 2.87. The van der Waals surface area contributed by atoms with Crippen molar-refractivity contribution in [2.45, 2.75) is 30.9 Å². The molecule has 10 heteroatoms. The van der Waals surface area contributed by atoms with E-state index in [0.29, 0.717) is 0 Å². The van der Waals surface area contributed by atoms with E-state index in [4.69, 9.17) is 8.92 Å². The second kappa shape index (κ2) is 6.50. The summed E-state index contributed by atoms with van der Waals surface area (Å²) in [6.45, 7) is 3.57. The number of hydrogen-bond acceptors (Lipinski definition) is 7. The van der Waals surface area contributed by atoms with E-state index in [-0.39, 0.29) is 29.8 Å². The van der Waals surface area contributed by atoms with Crippen LogP contribution in [-0.2, 0) is 19.0 Å². The van der Waals surface area contributed by atoms with Crippen LogP contribution >= 0.6 is 0 Å². The zero-order valence-corrected chi connectivity index (χ0v) is 13.4. The minimum absolute atomic E-state index is 0.0567. The molecule has 126 valence electrons. The molecular weight excluding hydrogens is 328 g/mol. The molecule has 0 N–H and O–H groups in total. The average molecular weight is 344 g/mol. The Balaban J connectivity index is 1.99. The Kier molecular flexibility index (Phi) is 4.85. The van der Waals surface area contributed by atoms with Crippen LogP contribution in [0.3, 0.4) is 0 Å². The van der Waals surface area contributed by atoms with E-state index in [9.17, 15) is 23.3 Å². The van der Waals surface area contributed by atoms with Gasteiger partial charge in [-0.3, -0.25) is 14.3 Å². The molecule has 0 saturated carbocycles. The number of carbonyl (C=O) groups is 1. The van der Waals surface area contributed by atoms with Crippen molar-refractivity contribution in [1.82, 2.24) is 4.90 Å². The Hall–Kier alpha value is -2.20. The van der Waals surface area contributed by atoms with Crippen molar-refractivity contribution in [3.8, 4) is 0 Å². The molecule has 9 nitrogen and oxygen atoms in total. The zero-order chi connectivity index (χ0) is 17.2. The number of nitro benzene ring substituents is 1. The predicted molar refractivity (Wildman–Crippen MR) is 78.3 cm³/mol. The molecule has 0 aliphatic carbocycles. The minimum Gasteiger partial charge on any atom is -0.442 e. The quantitative estimate of drug-likeness (QED) is 0.436. The van der Waals surface area contributed by atoms with Crippen LogP contribution in [0.25, 0.3) is 0 Å². The lowest BCUT2D eigenvalue weighted by Crippen LogP contribution is -2.32. The van der Waals surface area contributed by atoms with Gasteiger partial charge in [-0.05, 0) is 26.0 Å². The topological polar surface area (TPSA) is 116 Å². The number of nitrogens with zero attached hydrogens (tertiary/aromatic N) is 2. The van der Waals surface area contributed by atoms with E-state index in [0.717, 1.165) is 24.3 Å². The molecule has 1 heterocycles. The molecule has 1 amide bonds. The Bertz CT molecular complexity index is 700. The Morgan fingerprint density at radius 3 is 2.48 bits per heavy atom. The fourth-order valence-electron chi connectivity index (χ4n) is 2.02. The van der Waals surface area contributed by atoms with Gasteiger partial charge < -0.3 is 9.64 Å². The van der Waals surface area contributed by atoms with Crippen molar-refractivity contribution in [3.05, 3.63) is 34.4 Å². The van der Waals surface area contributed by atoms with Crippen LogP contribution in [0.2, 0.25) is 0 Å². The second-order valence-electron chi connectivity index (χ2n) is 5.24. The summed E-state index contributed by atoms with van der Waals surface area (Å²) >= 11 is 0. The van der Waals surface area contributed by atoms with Gasteiger partial charge in [-0.25, -0.2) is 4.79 Å². The number of carbonyl (C=O) groups excluding carboxylic acids is 1. The van der Waals surface area contributed by atoms with Crippen LogP contribution in [0, 0.1) is 10.1 Å². The number of hydrogen-bond donors (Lipinski definition) is 0. The van der Waals surface area contributed by atoms with Crippen LogP contribution < -0.4 is 0 Å². The molecule has 1 aliphatic rings. The molecule has 1 saturated heterocycles. The molecule has 1 aromatic carbocycles. The Morgan fingerprint density at radius 2 is 2.00 bits per heavy atom. The summed E-state index contributed by atoms with van der Waals surface area (Å²) in [4.78, 5) is 22.7. The normalized spacial score (nSPS) is 18.3. The summed E-state index contributed by atoms with van der Waals surface area (Å²) < 4.78 is 33.9. The monoisotopic (exact) mass is 344 g/mol. The smallest absolute Gasteiger partial charge is 0.410 e. The predicted octanol–water partition coefficient (Wildman–Crippen LogP) is 1.53. The maximum atomic E-state index is 12.0. The first-order chi connectivity index (χ1) is 10.7. The van der Waals surface area contributed by atoms with E-state index in [2.05, 4.69) is 0 Å². The lowest BCUT2D eigenvalue weighted by molar-refractivity contribution is -0.384. The fourth-order valence-corrected chi connectivity index (χ4v) is 2.95. The molecule has 0 aromatic heterocycles. The minimum atomic E-state index is -4.08. The van der Waals surface area contributed by atoms with Gasteiger partial charge in [0.1, 0.15) is 12.7 Å². The van der Waals surface area contributed by atoms with Gasteiger partial charge in [0.2, 0.25) is 0 Å². The molecule has 23 heavy (non-hydrogen) atoms. The highest BCUT2D eigenvalue weighted by atomic mass is 32.2. The highest BCUT2D eigenvalue weighted by Crippen LogP contribution is 2.20. The van der Waals surface area contributed by atoms with Gasteiger partial charge in [0.25, 0.3) is 15.8 Å². The molecule has 0 radical (unpaired) electrons. The molecule has 2 rings (SSSR count). The molecule has 0 spiro atoms. The number of nitro groups is 1. The number of rotatable bonds is 6. The van der Waals surface area contributed by atoms with E-state index < -0.39 is 27.2 Å². The fraction of sp³-hybridized carbons (Fsp3) is 0.462. The highest BCUT2D eigenvalue weighted by molar-refractivity contribution is 7.86. The molecular formula is C13H16N2O7S. The molecule has 1 aromatic rings. The third kappa shape index (κ3) is 3.96. The second-order valence-corrected chi connectivity index (χ2v) is 6.86. The van der Waals surface area contributed by atoms with Crippen molar-refractivity contribution < 1.29 is 27.1 Å². The summed E-state index contributed by atoms with van der Waals surface area (Å²) in [5.41, 5.74) is -0.221. The molecule has 1 atom stereocenters. The highest BCUT2D eigenvalue weighted by Gasteiger charge is 2.34. The number of cyclic esters (lactones) is 1. The largest absolute Gasteiger partial charge is 0.442 e.